The third-order valence-electron chi connectivity index (χ3n) is 3.11. The van der Waals surface area contributed by atoms with Crippen LogP contribution < -0.4 is 5.32 Å². The van der Waals surface area contributed by atoms with Crippen molar-refractivity contribution in [2.24, 2.45) is 5.92 Å². The summed E-state index contributed by atoms with van der Waals surface area (Å²) < 4.78 is 0. The summed E-state index contributed by atoms with van der Waals surface area (Å²) in [6.07, 6.45) is 9.53. The van der Waals surface area contributed by atoms with E-state index in [-0.39, 0.29) is 6.54 Å². The Bertz CT molecular complexity index is 273. The van der Waals surface area contributed by atoms with Gasteiger partial charge in [-0.2, -0.15) is 0 Å². The highest BCUT2D eigenvalue weighted by Gasteiger charge is 2.19. The molecule has 1 fully saturated rings. The second-order valence-electron chi connectivity index (χ2n) is 4.64. The van der Waals surface area contributed by atoms with Crippen LogP contribution in [0.15, 0.2) is 0 Å². The molecule has 96 valence electrons. The molecule has 0 bridgehead atoms. The summed E-state index contributed by atoms with van der Waals surface area (Å²) >= 11 is 0. The summed E-state index contributed by atoms with van der Waals surface area (Å²) in [6.45, 7) is 4.16. The molecule has 0 radical (unpaired) electrons. The average molecular weight is 238 g/mol. The third-order valence-corrected chi connectivity index (χ3v) is 3.11. The fourth-order valence-electron chi connectivity index (χ4n) is 2.31. The summed E-state index contributed by atoms with van der Waals surface area (Å²) in [5, 5.41) is 11.5. The van der Waals surface area contributed by atoms with Gasteiger partial charge in [0.05, 0.1) is 6.54 Å². The minimum Gasteiger partial charge on any atom is -0.480 e. The minimum absolute atomic E-state index is 0.0631. The zero-order valence-corrected chi connectivity index (χ0v) is 10.3. The Morgan fingerprint density at radius 1 is 1.59 bits per heavy atom. The first-order valence-electron chi connectivity index (χ1n) is 6.30. The van der Waals surface area contributed by atoms with E-state index in [0.717, 1.165) is 39.0 Å². The van der Waals surface area contributed by atoms with Crippen LogP contribution in [0.25, 0.3) is 0 Å². The molecule has 17 heavy (non-hydrogen) atoms. The van der Waals surface area contributed by atoms with Crippen molar-refractivity contribution < 1.29 is 9.90 Å². The maximum atomic E-state index is 10.4. The number of nitrogens with one attached hydrogen (secondary N) is 1. The first-order chi connectivity index (χ1) is 8.22. The summed E-state index contributed by atoms with van der Waals surface area (Å²) in [7, 11) is 0. The van der Waals surface area contributed by atoms with Gasteiger partial charge in [0.1, 0.15) is 0 Å². The maximum Gasteiger partial charge on any atom is 0.317 e. The number of piperidine rings is 1. The number of unbranched alkanes of at least 4 members (excludes halogenated alkanes) is 1. The van der Waals surface area contributed by atoms with Crippen LogP contribution in [0.1, 0.15) is 25.7 Å². The fourth-order valence-corrected chi connectivity index (χ4v) is 2.31. The number of terminal acetylenes is 1. The topological polar surface area (TPSA) is 52.6 Å². The van der Waals surface area contributed by atoms with Gasteiger partial charge in [-0.25, -0.2) is 0 Å². The summed E-state index contributed by atoms with van der Waals surface area (Å²) in [5.41, 5.74) is 0. The molecule has 2 N–H and O–H groups in total. The van der Waals surface area contributed by atoms with E-state index in [1.807, 2.05) is 0 Å². The van der Waals surface area contributed by atoms with Crippen LogP contribution in [0.4, 0.5) is 0 Å². The molecule has 1 rings (SSSR count). The SMILES string of the molecule is C#CCCCN1CCCC(CNCC(=O)O)C1. The predicted octanol–water partition coefficient (Wildman–Crippen LogP) is 0.786. The van der Waals surface area contributed by atoms with E-state index >= 15 is 0 Å². The molecular formula is C13H22N2O2. The second-order valence-corrected chi connectivity index (χ2v) is 4.64. The predicted molar refractivity (Wildman–Crippen MR) is 67.7 cm³/mol. The molecule has 0 aliphatic carbocycles. The van der Waals surface area contributed by atoms with Crippen molar-refractivity contribution in [2.45, 2.75) is 25.7 Å². The van der Waals surface area contributed by atoms with Crippen LogP contribution in [0.5, 0.6) is 0 Å². The van der Waals surface area contributed by atoms with Crippen LogP contribution in [0.3, 0.4) is 0 Å². The van der Waals surface area contributed by atoms with Crippen LogP contribution >= 0.6 is 0 Å². The highest BCUT2D eigenvalue weighted by molar-refractivity contribution is 5.68. The normalized spacial score (nSPS) is 21.0. The van der Waals surface area contributed by atoms with Gasteiger partial charge in [-0.3, -0.25) is 4.79 Å². The Balaban J connectivity index is 2.15. The zero-order chi connectivity index (χ0) is 12.5. The number of aliphatic carboxylic acids is 1. The van der Waals surface area contributed by atoms with Crippen molar-refractivity contribution in [1.29, 1.82) is 0 Å². The number of rotatable bonds is 7. The fraction of sp³-hybridized carbons (Fsp3) is 0.769. The Hall–Kier alpha value is -1.05. The highest BCUT2D eigenvalue weighted by Crippen LogP contribution is 2.15. The lowest BCUT2D eigenvalue weighted by Crippen LogP contribution is -2.40. The van der Waals surface area contributed by atoms with E-state index < -0.39 is 5.97 Å². The molecule has 0 spiro atoms. The molecule has 1 saturated heterocycles. The quantitative estimate of drug-likeness (QED) is 0.508. The summed E-state index contributed by atoms with van der Waals surface area (Å²) in [5.74, 6) is 2.45. The van der Waals surface area contributed by atoms with Gasteiger partial charge in [-0.1, -0.05) is 0 Å². The van der Waals surface area contributed by atoms with Crippen molar-refractivity contribution in [2.75, 3.05) is 32.7 Å². The maximum absolute atomic E-state index is 10.4. The number of hydrogen-bond acceptors (Lipinski definition) is 3. The Morgan fingerprint density at radius 2 is 2.41 bits per heavy atom. The first kappa shape index (κ1) is 14.0. The molecule has 0 amide bonds. The van der Waals surface area contributed by atoms with Gasteiger partial charge in [0.25, 0.3) is 0 Å². The van der Waals surface area contributed by atoms with E-state index in [9.17, 15) is 4.79 Å². The van der Waals surface area contributed by atoms with Gasteiger partial charge in [-0.05, 0) is 44.8 Å². The monoisotopic (exact) mass is 238 g/mol. The van der Waals surface area contributed by atoms with E-state index in [0.29, 0.717) is 5.92 Å². The molecule has 1 aliphatic heterocycles. The van der Waals surface area contributed by atoms with Crippen molar-refractivity contribution in [3.8, 4) is 12.3 Å². The number of likely N-dealkylation sites (tertiary alicyclic amines) is 1. The Morgan fingerprint density at radius 3 is 3.12 bits per heavy atom. The van der Waals surface area contributed by atoms with Gasteiger partial charge in [0, 0.05) is 13.0 Å². The molecule has 0 aromatic heterocycles. The molecule has 1 heterocycles. The first-order valence-corrected chi connectivity index (χ1v) is 6.30. The molecule has 1 aliphatic rings. The third kappa shape index (κ3) is 6.30. The average Bonchev–Trinajstić information content (AvgIpc) is 2.29. The van der Waals surface area contributed by atoms with Gasteiger partial charge in [0.15, 0.2) is 0 Å². The standard InChI is InChI=1S/C13H22N2O2/c1-2-3-4-7-15-8-5-6-12(11-15)9-14-10-13(16)17/h1,12,14H,3-11H2,(H,16,17). The molecule has 0 saturated carbocycles. The van der Waals surface area contributed by atoms with Gasteiger partial charge < -0.3 is 15.3 Å². The van der Waals surface area contributed by atoms with Crippen LogP contribution in [-0.4, -0.2) is 48.7 Å². The van der Waals surface area contributed by atoms with Crippen molar-refractivity contribution >= 4 is 5.97 Å². The number of carbonyl (C=O) groups is 1. The van der Waals surface area contributed by atoms with Gasteiger partial charge >= 0.3 is 5.97 Å². The number of carboxylic acids is 1. The smallest absolute Gasteiger partial charge is 0.317 e. The van der Waals surface area contributed by atoms with Crippen LogP contribution in [-0.2, 0) is 4.79 Å². The minimum atomic E-state index is -0.785. The molecule has 4 nitrogen and oxygen atoms in total. The van der Waals surface area contributed by atoms with E-state index in [4.69, 9.17) is 11.5 Å². The summed E-state index contributed by atoms with van der Waals surface area (Å²) in [6, 6.07) is 0. The summed E-state index contributed by atoms with van der Waals surface area (Å²) in [4.78, 5) is 12.8. The number of nitrogens with zero attached hydrogens (tertiary/aromatic N) is 1. The molecular weight excluding hydrogens is 216 g/mol. The number of hydrogen-bond donors (Lipinski definition) is 2. The van der Waals surface area contributed by atoms with Gasteiger partial charge in [0.2, 0.25) is 0 Å². The molecule has 0 aromatic carbocycles. The van der Waals surface area contributed by atoms with E-state index in [2.05, 4.69) is 16.1 Å². The largest absolute Gasteiger partial charge is 0.480 e. The van der Waals surface area contributed by atoms with Gasteiger partial charge in [-0.15, -0.1) is 12.3 Å². The Labute approximate surface area is 103 Å². The van der Waals surface area contributed by atoms with E-state index in [1.54, 1.807) is 0 Å². The molecule has 1 unspecified atom stereocenters. The number of carboxylic acid groups (broad SMARTS) is 1. The highest BCUT2D eigenvalue weighted by atomic mass is 16.4. The Kier molecular flexibility index (Phi) is 6.68. The molecule has 1 atom stereocenters. The second kappa shape index (κ2) is 8.10. The van der Waals surface area contributed by atoms with Crippen LogP contribution in [0.2, 0.25) is 0 Å². The lowest BCUT2D eigenvalue weighted by atomic mass is 9.98. The van der Waals surface area contributed by atoms with Crippen molar-refractivity contribution in [3.05, 3.63) is 0 Å². The van der Waals surface area contributed by atoms with Crippen molar-refractivity contribution in [3.63, 3.8) is 0 Å². The van der Waals surface area contributed by atoms with Crippen molar-refractivity contribution in [1.82, 2.24) is 10.2 Å². The lowest BCUT2D eigenvalue weighted by Gasteiger charge is -2.32. The van der Waals surface area contributed by atoms with E-state index in [1.165, 1.54) is 12.8 Å². The molecule has 4 heteroatoms. The van der Waals surface area contributed by atoms with Crippen LogP contribution in [0, 0.1) is 18.3 Å². The lowest BCUT2D eigenvalue weighted by molar-refractivity contribution is -0.136. The zero-order valence-electron chi connectivity index (χ0n) is 10.3. The molecule has 0 aromatic rings.